The highest BCUT2D eigenvalue weighted by Gasteiger charge is 2.18. The van der Waals surface area contributed by atoms with Crippen LogP contribution in [0.3, 0.4) is 0 Å². The fraction of sp³-hybridized carbons (Fsp3) is 0.625. The number of piperidine rings is 1. The molecule has 1 unspecified atom stereocenters. The number of benzene rings is 1. The molecule has 2 rings (SSSR count). The van der Waals surface area contributed by atoms with E-state index in [0.29, 0.717) is 6.04 Å². The van der Waals surface area contributed by atoms with Crippen LogP contribution in [0.25, 0.3) is 0 Å². The van der Waals surface area contributed by atoms with Crippen LogP contribution in [-0.4, -0.2) is 38.7 Å². The molecule has 1 fully saturated rings. The van der Waals surface area contributed by atoms with Gasteiger partial charge in [-0.3, -0.25) is 4.90 Å². The van der Waals surface area contributed by atoms with E-state index < -0.39 is 0 Å². The van der Waals surface area contributed by atoms with Crippen LogP contribution in [-0.2, 0) is 0 Å². The molecule has 0 aliphatic carbocycles. The van der Waals surface area contributed by atoms with Crippen molar-refractivity contribution >= 4 is 12.4 Å². The molecule has 3 nitrogen and oxygen atoms in total. The van der Waals surface area contributed by atoms with E-state index in [2.05, 4.69) is 36.3 Å². The van der Waals surface area contributed by atoms with E-state index in [-0.39, 0.29) is 12.4 Å². The third kappa shape index (κ3) is 4.65. The molecule has 1 aromatic rings. The summed E-state index contributed by atoms with van der Waals surface area (Å²) < 4.78 is 5.21. The zero-order valence-electron chi connectivity index (χ0n) is 12.8. The molecule has 0 aromatic heterocycles. The van der Waals surface area contributed by atoms with Crippen LogP contribution in [0.2, 0.25) is 0 Å². The molecule has 0 radical (unpaired) electrons. The quantitative estimate of drug-likeness (QED) is 0.904. The first kappa shape index (κ1) is 17.3. The van der Waals surface area contributed by atoms with Crippen molar-refractivity contribution in [2.24, 2.45) is 5.92 Å². The van der Waals surface area contributed by atoms with Crippen LogP contribution >= 0.6 is 12.4 Å². The Kier molecular flexibility index (Phi) is 7.35. The Bertz CT molecular complexity index is 377. The van der Waals surface area contributed by atoms with Gasteiger partial charge in [-0.2, -0.15) is 0 Å². The number of nitrogens with one attached hydrogen (secondary N) is 1. The van der Waals surface area contributed by atoms with Crippen LogP contribution in [0.5, 0.6) is 5.75 Å². The molecule has 0 amide bonds. The number of ether oxygens (including phenoxy) is 1. The second-order valence-corrected chi connectivity index (χ2v) is 5.58. The Balaban J connectivity index is 0.00000200. The van der Waals surface area contributed by atoms with E-state index in [9.17, 15) is 0 Å². The summed E-state index contributed by atoms with van der Waals surface area (Å²) in [5.41, 5.74) is 1.36. The Labute approximate surface area is 129 Å². The van der Waals surface area contributed by atoms with Gasteiger partial charge >= 0.3 is 0 Å². The van der Waals surface area contributed by atoms with E-state index in [4.69, 9.17) is 4.74 Å². The fourth-order valence-corrected chi connectivity index (χ4v) is 2.77. The first-order valence-corrected chi connectivity index (χ1v) is 7.25. The van der Waals surface area contributed by atoms with Crippen molar-refractivity contribution in [3.63, 3.8) is 0 Å². The van der Waals surface area contributed by atoms with Crippen molar-refractivity contribution in [2.45, 2.75) is 25.8 Å². The first-order valence-electron chi connectivity index (χ1n) is 7.25. The number of halogens is 1. The molecule has 1 N–H and O–H groups in total. The molecule has 1 saturated heterocycles. The lowest BCUT2D eigenvalue weighted by Crippen LogP contribution is -2.35. The lowest BCUT2D eigenvalue weighted by Gasteiger charge is -2.31. The normalized spacial score (nSPS) is 17.6. The molecular weight excluding hydrogens is 272 g/mol. The van der Waals surface area contributed by atoms with Gasteiger partial charge in [-0.1, -0.05) is 12.1 Å². The summed E-state index contributed by atoms with van der Waals surface area (Å²) in [7, 11) is 3.94. The Morgan fingerprint density at radius 2 is 1.85 bits per heavy atom. The van der Waals surface area contributed by atoms with Crippen LogP contribution < -0.4 is 10.1 Å². The highest BCUT2D eigenvalue weighted by Crippen LogP contribution is 2.23. The van der Waals surface area contributed by atoms with Crippen molar-refractivity contribution in [2.75, 3.05) is 33.8 Å². The monoisotopic (exact) mass is 298 g/mol. The predicted octanol–water partition coefficient (Wildman–Crippen LogP) is 3.11. The van der Waals surface area contributed by atoms with Gasteiger partial charge in [0.2, 0.25) is 0 Å². The topological polar surface area (TPSA) is 24.5 Å². The van der Waals surface area contributed by atoms with Gasteiger partial charge in [0.1, 0.15) is 5.75 Å². The SMILES string of the molecule is COc1ccc(C(C)N(C)CC2CCNCC2)cc1.Cl. The van der Waals surface area contributed by atoms with Gasteiger partial charge in [-0.15, -0.1) is 12.4 Å². The van der Waals surface area contributed by atoms with Crippen molar-refractivity contribution in [3.8, 4) is 5.75 Å². The summed E-state index contributed by atoms with van der Waals surface area (Å²) in [6, 6.07) is 8.89. The van der Waals surface area contributed by atoms with Crippen molar-refractivity contribution in [1.82, 2.24) is 10.2 Å². The summed E-state index contributed by atoms with van der Waals surface area (Å²) in [4.78, 5) is 2.47. The summed E-state index contributed by atoms with van der Waals surface area (Å²) in [6.45, 7) is 5.82. The minimum Gasteiger partial charge on any atom is -0.497 e. The standard InChI is InChI=1S/C16H26N2O.ClH/c1-13(15-4-6-16(19-3)7-5-15)18(2)12-14-8-10-17-11-9-14;/h4-7,13-14,17H,8-12H2,1-3H3;1H. The molecule has 1 atom stereocenters. The number of nitrogens with zero attached hydrogens (tertiary/aromatic N) is 1. The van der Waals surface area contributed by atoms with E-state index in [0.717, 1.165) is 11.7 Å². The van der Waals surface area contributed by atoms with Crippen LogP contribution in [0.4, 0.5) is 0 Å². The van der Waals surface area contributed by atoms with Crippen LogP contribution in [0.1, 0.15) is 31.4 Å². The third-order valence-corrected chi connectivity index (χ3v) is 4.26. The molecule has 0 bridgehead atoms. The number of rotatable bonds is 5. The fourth-order valence-electron chi connectivity index (χ4n) is 2.77. The lowest BCUT2D eigenvalue weighted by molar-refractivity contribution is 0.196. The Morgan fingerprint density at radius 1 is 1.25 bits per heavy atom. The van der Waals surface area contributed by atoms with Gasteiger partial charge in [0.05, 0.1) is 7.11 Å². The molecule has 0 spiro atoms. The summed E-state index contributed by atoms with van der Waals surface area (Å²) in [6.07, 6.45) is 2.61. The highest BCUT2D eigenvalue weighted by atomic mass is 35.5. The number of methoxy groups -OCH3 is 1. The van der Waals surface area contributed by atoms with Gasteiger partial charge in [0.25, 0.3) is 0 Å². The van der Waals surface area contributed by atoms with E-state index in [1.165, 1.54) is 38.0 Å². The van der Waals surface area contributed by atoms with E-state index >= 15 is 0 Å². The molecule has 1 aromatic carbocycles. The summed E-state index contributed by atoms with van der Waals surface area (Å²) in [5.74, 6) is 1.77. The average Bonchev–Trinajstić information content (AvgIpc) is 2.47. The maximum absolute atomic E-state index is 5.21. The maximum Gasteiger partial charge on any atom is 0.118 e. The largest absolute Gasteiger partial charge is 0.497 e. The molecule has 0 saturated carbocycles. The molecule has 1 aliphatic heterocycles. The van der Waals surface area contributed by atoms with E-state index in [1.807, 2.05) is 12.1 Å². The molecule has 114 valence electrons. The van der Waals surface area contributed by atoms with Gasteiger partial charge in [0, 0.05) is 12.6 Å². The van der Waals surface area contributed by atoms with Crippen LogP contribution in [0, 0.1) is 5.92 Å². The molecule has 1 aliphatic rings. The first-order chi connectivity index (χ1) is 9.20. The predicted molar refractivity (Wildman–Crippen MR) is 86.9 cm³/mol. The Hall–Kier alpha value is -0.770. The highest BCUT2D eigenvalue weighted by molar-refractivity contribution is 5.85. The molecule has 1 heterocycles. The second-order valence-electron chi connectivity index (χ2n) is 5.58. The third-order valence-electron chi connectivity index (χ3n) is 4.26. The van der Waals surface area contributed by atoms with Crippen LogP contribution in [0.15, 0.2) is 24.3 Å². The smallest absolute Gasteiger partial charge is 0.118 e. The summed E-state index contributed by atoms with van der Waals surface area (Å²) >= 11 is 0. The molecule has 4 heteroatoms. The Morgan fingerprint density at radius 3 is 2.40 bits per heavy atom. The minimum atomic E-state index is 0. The van der Waals surface area contributed by atoms with Gasteiger partial charge in [-0.25, -0.2) is 0 Å². The second kappa shape index (κ2) is 8.50. The van der Waals surface area contributed by atoms with Crippen molar-refractivity contribution < 1.29 is 4.74 Å². The van der Waals surface area contributed by atoms with E-state index in [1.54, 1.807) is 7.11 Å². The van der Waals surface area contributed by atoms with Gasteiger partial charge in [0.15, 0.2) is 0 Å². The van der Waals surface area contributed by atoms with Gasteiger partial charge < -0.3 is 10.1 Å². The van der Waals surface area contributed by atoms with Crippen molar-refractivity contribution in [1.29, 1.82) is 0 Å². The minimum absolute atomic E-state index is 0. The maximum atomic E-state index is 5.21. The lowest BCUT2D eigenvalue weighted by atomic mass is 9.96. The number of hydrogen-bond acceptors (Lipinski definition) is 3. The molecule has 20 heavy (non-hydrogen) atoms. The number of hydrogen-bond donors (Lipinski definition) is 1. The zero-order chi connectivity index (χ0) is 13.7. The van der Waals surface area contributed by atoms with Crippen molar-refractivity contribution in [3.05, 3.63) is 29.8 Å². The zero-order valence-corrected chi connectivity index (χ0v) is 13.6. The summed E-state index contributed by atoms with van der Waals surface area (Å²) in [5, 5.41) is 3.43. The van der Waals surface area contributed by atoms with Gasteiger partial charge in [-0.05, 0) is 63.5 Å². The molecular formula is C16H27ClN2O. The average molecular weight is 299 g/mol.